The second kappa shape index (κ2) is 8.19. The molecular weight excluding hydrogens is 368 g/mol. The molecule has 5 nitrogen and oxygen atoms in total. The van der Waals surface area contributed by atoms with Gasteiger partial charge in [-0.05, 0) is 24.0 Å². The quantitative estimate of drug-likeness (QED) is 0.588. The topological polar surface area (TPSA) is 51.0 Å². The van der Waals surface area contributed by atoms with Gasteiger partial charge in [0.2, 0.25) is 5.91 Å². The van der Waals surface area contributed by atoms with Gasteiger partial charge in [0.1, 0.15) is 0 Å². The number of carbonyl (C=O) groups is 1. The van der Waals surface area contributed by atoms with Crippen molar-refractivity contribution in [1.29, 1.82) is 0 Å². The van der Waals surface area contributed by atoms with Crippen molar-refractivity contribution in [2.24, 2.45) is 5.92 Å². The van der Waals surface area contributed by atoms with E-state index in [2.05, 4.69) is 34.7 Å². The van der Waals surface area contributed by atoms with Gasteiger partial charge in [-0.2, -0.15) is 0 Å². The second-order valence-electron chi connectivity index (χ2n) is 7.39. The number of anilines is 1. The van der Waals surface area contributed by atoms with Crippen molar-refractivity contribution in [2.45, 2.75) is 32.0 Å². The number of nitrogens with zero attached hydrogens (tertiary/aromatic N) is 4. The highest BCUT2D eigenvalue weighted by atomic mass is 32.2. The first-order valence-corrected chi connectivity index (χ1v) is 10.6. The van der Waals surface area contributed by atoms with E-state index in [1.165, 1.54) is 17.3 Å². The molecule has 0 aliphatic carbocycles. The number of aromatic nitrogens is 3. The molecule has 6 heteroatoms. The molecule has 144 valence electrons. The van der Waals surface area contributed by atoms with Crippen LogP contribution in [0.15, 0.2) is 59.8 Å². The summed E-state index contributed by atoms with van der Waals surface area (Å²) in [5, 5.41) is 9.61. The van der Waals surface area contributed by atoms with Gasteiger partial charge in [0.05, 0.1) is 5.75 Å². The summed E-state index contributed by atoms with van der Waals surface area (Å²) >= 11 is 1.47. The first kappa shape index (κ1) is 18.7. The predicted octanol–water partition coefficient (Wildman–Crippen LogP) is 4.28. The van der Waals surface area contributed by atoms with Crippen molar-refractivity contribution >= 4 is 23.4 Å². The average Bonchev–Trinajstić information content (AvgIpc) is 3.31. The Kier molecular flexibility index (Phi) is 5.48. The van der Waals surface area contributed by atoms with E-state index in [1.807, 2.05) is 53.4 Å². The Morgan fingerprint density at radius 2 is 1.82 bits per heavy atom. The van der Waals surface area contributed by atoms with Crippen LogP contribution in [0.2, 0.25) is 0 Å². The standard InChI is InChI=1S/C22H24N4OS/c1-16(2)14-26-21(18-9-4-3-5-10-18)23-24-22(26)28-15-20(27)25-13-12-17-8-6-7-11-19(17)25/h3-11,16H,12-15H2,1-2H3. The van der Waals surface area contributed by atoms with Crippen LogP contribution >= 0.6 is 11.8 Å². The minimum Gasteiger partial charge on any atom is -0.311 e. The lowest BCUT2D eigenvalue weighted by atomic mass is 10.2. The third-order valence-corrected chi connectivity index (χ3v) is 5.76. The van der Waals surface area contributed by atoms with Crippen molar-refractivity contribution in [1.82, 2.24) is 14.8 Å². The number of rotatable bonds is 6. The molecule has 0 bridgehead atoms. The number of para-hydroxylation sites is 1. The fraction of sp³-hybridized carbons (Fsp3) is 0.318. The van der Waals surface area contributed by atoms with E-state index >= 15 is 0 Å². The van der Waals surface area contributed by atoms with Gasteiger partial charge in [0.25, 0.3) is 0 Å². The van der Waals surface area contributed by atoms with Gasteiger partial charge in [0.15, 0.2) is 11.0 Å². The van der Waals surface area contributed by atoms with E-state index in [-0.39, 0.29) is 5.91 Å². The van der Waals surface area contributed by atoms with Crippen LogP contribution in [0.1, 0.15) is 19.4 Å². The number of hydrogen-bond donors (Lipinski definition) is 0. The summed E-state index contributed by atoms with van der Waals surface area (Å²) in [5.74, 6) is 1.80. The Morgan fingerprint density at radius 3 is 2.61 bits per heavy atom. The van der Waals surface area contributed by atoms with E-state index in [0.717, 1.165) is 41.7 Å². The van der Waals surface area contributed by atoms with Crippen LogP contribution in [-0.4, -0.2) is 33.0 Å². The van der Waals surface area contributed by atoms with E-state index in [1.54, 1.807) is 0 Å². The smallest absolute Gasteiger partial charge is 0.237 e. The predicted molar refractivity (Wildman–Crippen MR) is 114 cm³/mol. The molecule has 0 unspecified atom stereocenters. The summed E-state index contributed by atoms with van der Waals surface area (Å²) in [6, 6.07) is 18.2. The first-order valence-electron chi connectivity index (χ1n) is 9.63. The Hall–Kier alpha value is -2.60. The van der Waals surface area contributed by atoms with Gasteiger partial charge < -0.3 is 9.47 Å². The van der Waals surface area contributed by atoms with Crippen molar-refractivity contribution in [2.75, 3.05) is 17.2 Å². The van der Waals surface area contributed by atoms with Crippen LogP contribution in [0.3, 0.4) is 0 Å². The first-order chi connectivity index (χ1) is 13.6. The Balaban J connectivity index is 1.52. The highest BCUT2D eigenvalue weighted by Gasteiger charge is 2.25. The molecule has 0 atom stereocenters. The number of benzene rings is 2. The molecule has 0 saturated heterocycles. The lowest BCUT2D eigenvalue weighted by molar-refractivity contribution is -0.116. The van der Waals surface area contributed by atoms with E-state index < -0.39 is 0 Å². The molecule has 0 radical (unpaired) electrons. The minimum atomic E-state index is 0.121. The molecule has 1 aliphatic rings. The summed E-state index contributed by atoms with van der Waals surface area (Å²) in [5.41, 5.74) is 3.33. The van der Waals surface area contributed by atoms with Gasteiger partial charge in [-0.15, -0.1) is 10.2 Å². The lowest BCUT2D eigenvalue weighted by Crippen LogP contribution is -2.30. The maximum absolute atomic E-state index is 12.8. The zero-order chi connectivity index (χ0) is 19.5. The lowest BCUT2D eigenvalue weighted by Gasteiger charge is -2.17. The Bertz CT molecular complexity index is 968. The van der Waals surface area contributed by atoms with Crippen molar-refractivity contribution in [3.63, 3.8) is 0 Å². The van der Waals surface area contributed by atoms with Gasteiger partial charge in [0, 0.05) is 24.3 Å². The third kappa shape index (κ3) is 3.83. The van der Waals surface area contributed by atoms with Gasteiger partial charge in [-0.3, -0.25) is 4.79 Å². The molecule has 1 aromatic heterocycles. The zero-order valence-electron chi connectivity index (χ0n) is 16.2. The summed E-state index contributed by atoms with van der Waals surface area (Å²) in [6.45, 7) is 5.93. The van der Waals surface area contributed by atoms with Crippen molar-refractivity contribution < 1.29 is 4.79 Å². The molecule has 28 heavy (non-hydrogen) atoms. The van der Waals surface area contributed by atoms with Crippen LogP contribution < -0.4 is 4.90 Å². The number of carbonyl (C=O) groups excluding carboxylic acids is 1. The highest BCUT2D eigenvalue weighted by molar-refractivity contribution is 7.99. The van der Waals surface area contributed by atoms with Crippen molar-refractivity contribution in [3.8, 4) is 11.4 Å². The molecule has 3 aromatic rings. The fourth-order valence-electron chi connectivity index (χ4n) is 3.53. The second-order valence-corrected chi connectivity index (χ2v) is 8.33. The number of hydrogen-bond acceptors (Lipinski definition) is 4. The third-order valence-electron chi connectivity index (χ3n) is 4.81. The molecule has 1 amide bonds. The van der Waals surface area contributed by atoms with Gasteiger partial charge in [-0.1, -0.05) is 74.1 Å². The van der Waals surface area contributed by atoms with Crippen LogP contribution in [-0.2, 0) is 17.8 Å². The molecule has 0 spiro atoms. The average molecular weight is 393 g/mol. The molecule has 0 saturated carbocycles. The molecule has 2 heterocycles. The molecule has 0 fully saturated rings. The normalized spacial score (nSPS) is 13.2. The molecule has 2 aromatic carbocycles. The largest absolute Gasteiger partial charge is 0.311 e. The number of fused-ring (bicyclic) bond motifs is 1. The van der Waals surface area contributed by atoms with Crippen molar-refractivity contribution in [3.05, 3.63) is 60.2 Å². The summed E-state index contributed by atoms with van der Waals surface area (Å²) < 4.78 is 2.13. The summed E-state index contributed by atoms with van der Waals surface area (Å²) in [6.07, 6.45) is 0.925. The number of amides is 1. The minimum absolute atomic E-state index is 0.121. The maximum Gasteiger partial charge on any atom is 0.237 e. The number of thioether (sulfide) groups is 1. The Labute approximate surface area is 169 Å². The van der Waals surface area contributed by atoms with E-state index in [9.17, 15) is 4.79 Å². The highest BCUT2D eigenvalue weighted by Crippen LogP contribution is 2.30. The maximum atomic E-state index is 12.8. The van der Waals surface area contributed by atoms with E-state index in [0.29, 0.717) is 11.7 Å². The molecule has 1 aliphatic heterocycles. The SMILES string of the molecule is CC(C)Cn1c(SCC(=O)N2CCc3ccccc32)nnc1-c1ccccc1. The van der Waals surface area contributed by atoms with Crippen LogP contribution in [0, 0.1) is 5.92 Å². The monoisotopic (exact) mass is 392 g/mol. The zero-order valence-corrected chi connectivity index (χ0v) is 17.0. The molecule has 4 rings (SSSR count). The molecule has 0 N–H and O–H groups in total. The van der Waals surface area contributed by atoms with Gasteiger partial charge in [-0.25, -0.2) is 0 Å². The van der Waals surface area contributed by atoms with Gasteiger partial charge >= 0.3 is 0 Å². The van der Waals surface area contributed by atoms with E-state index in [4.69, 9.17) is 0 Å². The Morgan fingerprint density at radius 1 is 1.07 bits per heavy atom. The van der Waals surface area contributed by atoms with Crippen LogP contribution in [0.4, 0.5) is 5.69 Å². The van der Waals surface area contributed by atoms with Crippen LogP contribution in [0.25, 0.3) is 11.4 Å². The summed E-state index contributed by atoms with van der Waals surface area (Å²) in [4.78, 5) is 14.7. The fourth-order valence-corrected chi connectivity index (χ4v) is 4.35. The van der Waals surface area contributed by atoms with Crippen LogP contribution in [0.5, 0.6) is 0 Å². The molecular formula is C22H24N4OS. The summed E-state index contributed by atoms with van der Waals surface area (Å²) in [7, 11) is 0.